The first-order valence-corrected chi connectivity index (χ1v) is 8.08. The number of benzene rings is 1. The van der Waals surface area contributed by atoms with E-state index in [1.807, 2.05) is 24.3 Å². The largest absolute Gasteiger partial charge is 0.471 e. The number of carbonyl (C=O) groups excluding carboxylic acids is 1. The van der Waals surface area contributed by atoms with E-state index in [4.69, 9.17) is 11.6 Å². The fraction of sp³-hybridized carbons (Fsp3) is 0.562. The number of hydrogen-bond donors (Lipinski definition) is 1. The monoisotopic (exact) mass is 346 g/mol. The molecular weight excluding hydrogens is 329 g/mol. The Morgan fingerprint density at radius 2 is 1.74 bits per heavy atom. The molecule has 2 saturated heterocycles. The first-order chi connectivity index (χ1) is 10.8. The number of halogens is 4. The molecule has 1 N–H and O–H groups in total. The van der Waals surface area contributed by atoms with Crippen LogP contribution in [0.4, 0.5) is 13.2 Å². The third-order valence-electron chi connectivity index (χ3n) is 4.76. The van der Waals surface area contributed by atoms with Crippen LogP contribution in [0.15, 0.2) is 24.3 Å². The van der Waals surface area contributed by atoms with Crippen LogP contribution in [0.3, 0.4) is 0 Å². The van der Waals surface area contributed by atoms with Crippen molar-refractivity contribution in [3.8, 4) is 0 Å². The quantitative estimate of drug-likeness (QED) is 0.908. The van der Waals surface area contributed by atoms with Crippen LogP contribution in [0.5, 0.6) is 0 Å². The number of nitrogens with one attached hydrogen (secondary N) is 1. The average Bonchev–Trinajstić information content (AvgIpc) is 2.70. The Bertz CT molecular complexity index is 562. The number of amides is 1. The van der Waals surface area contributed by atoms with Gasteiger partial charge in [0.15, 0.2) is 0 Å². The van der Waals surface area contributed by atoms with Crippen LogP contribution in [-0.2, 0) is 11.3 Å². The zero-order chi connectivity index (χ0) is 16.6. The van der Waals surface area contributed by atoms with Gasteiger partial charge in [-0.2, -0.15) is 13.2 Å². The second-order valence-electron chi connectivity index (χ2n) is 6.32. The Balaban J connectivity index is 1.61. The molecule has 0 aliphatic carbocycles. The van der Waals surface area contributed by atoms with E-state index < -0.39 is 12.1 Å². The van der Waals surface area contributed by atoms with E-state index in [-0.39, 0.29) is 18.1 Å². The summed E-state index contributed by atoms with van der Waals surface area (Å²) in [4.78, 5) is 13.5. The van der Waals surface area contributed by atoms with Crippen molar-refractivity contribution in [2.45, 2.75) is 56.5 Å². The third kappa shape index (κ3) is 3.80. The minimum Gasteiger partial charge on any atom is -0.345 e. The smallest absolute Gasteiger partial charge is 0.345 e. The van der Waals surface area contributed by atoms with Crippen molar-refractivity contribution in [1.82, 2.24) is 10.2 Å². The topological polar surface area (TPSA) is 32.3 Å². The minimum absolute atomic E-state index is 0.225. The van der Waals surface area contributed by atoms with Crippen molar-refractivity contribution < 1.29 is 18.0 Å². The Morgan fingerprint density at radius 3 is 2.26 bits per heavy atom. The van der Waals surface area contributed by atoms with Gasteiger partial charge >= 0.3 is 12.1 Å². The lowest BCUT2D eigenvalue weighted by Gasteiger charge is -2.39. The molecule has 2 bridgehead atoms. The number of piperidine rings is 1. The number of fused-ring (bicyclic) bond motifs is 2. The van der Waals surface area contributed by atoms with Gasteiger partial charge in [0.05, 0.1) is 0 Å². The molecule has 23 heavy (non-hydrogen) atoms. The highest BCUT2D eigenvalue weighted by molar-refractivity contribution is 6.30. The van der Waals surface area contributed by atoms with E-state index in [9.17, 15) is 18.0 Å². The lowest BCUT2D eigenvalue weighted by molar-refractivity contribution is -0.174. The summed E-state index contributed by atoms with van der Waals surface area (Å²) in [6.45, 7) is 0.770. The molecule has 1 amide bonds. The molecule has 1 aromatic rings. The molecule has 3 atom stereocenters. The first-order valence-electron chi connectivity index (χ1n) is 7.71. The molecule has 0 radical (unpaired) electrons. The van der Waals surface area contributed by atoms with Crippen molar-refractivity contribution in [2.75, 3.05) is 0 Å². The maximum absolute atomic E-state index is 12.4. The molecule has 0 unspecified atom stereocenters. The maximum atomic E-state index is 12.4. The summed E-state index contributed by atoms with van der Waals surface area (Å²) in [5.74, 6) is -1.83. The molecule has 7 heteroatoms. The van der Waals surface area contributed by atoms with Crippen LogP contribution in [0, 0.1) is 0 Å². The molecule has 0 saturated carbocycles. The van der Waals surface area contributed by atoms with Gasteiger partial charge in [-0.1, -0.05) is 23.7 Å². The summed E-state index contributed by atoms with van der Waals surface area (Å²) in [6, 6.07) is 7.69. The Hall–Kier alpha value is -1.27. The maximum Gasteiger partial charge on any atom is 0.471 e. The highest BCUT2D eigenvalue weighted by atomic mass is 35.5. The molecule has 2 aliphatic heterocycles. The molecule has 2 fully saturated rings. The second-order valence-corrected chi connectivity index (χ2v) is 6.76. The van der Waals surface area contributed by atoms with Crippen molar-refractivity contribution >= 4 is 17.5 Å². The molecule has 2 aliphatic rings. The number of alkyl halides is 3. The number of hydrogen-bond acceptors (Lipinski definition) is 2. The van der Waals surface area contributed by atoms with Crippen LogP contribution in [0.25, 0.3) is 0 Å². The Labute approximate surface area is 137 Å². The van der Waals surface area contributed by atoms with Crippen LogP contribution in [0.2, 0.25) is 5.02 Å². The van der Waals surface area contributed by atoms with E-state index in [1.54, 1.807) is 0 Å². The molecular formula is C16H18ClF3N2O. The van der Waals surface area contributed by atoms with E-state index in [2.05, 4.69) is 10.2 Å². The Kier molecular flexibility index (Phi) is 4.56. The normalized spacial score (nSPS) is 27.9. The summed E-state index contributed by atoms with van der Waals surface area (Å²) in [7, 11) is 0. The molecule has 3 rings (SSSR count). The van der Waals surface area contributed by atoms with Gasteiger partial charge in [-0.25, -0.2) is 0 Å². The second kappa shape index (κ2) is 6.32. The SMILES string of the molecule is O=C(N[C@H]1C[C@H]2CC[C@@H](C1)N2Cc1ccc(Cl)cc1)C(F)(F)F. The number of rotatable bonds is 3. The summed E-state index contributed by atoms with van der Waals surface area (Å²) in [6.07, 6.45) is -1.72. The zero-order valence-corrected chi connectivity index (χ0v) is 13.2. The lowest BCUT2D eigenvalue weighted by atomic mass is 9.96. The van der Waals surface area contributed by atoms with E-state index in [0.29, 0.717) is 17.9 Å². The summed E-state index contributed by atoms with van der Waals surface area (Å²) >= 11 is 5.88. The molecule has 2 heterocycles. The molecule has 1 aromatic carbocycles. The standard InChI is InChI=1S/C16H18ClF3N2O/c17-11-3-1-10(2-4-11)9-22-13-5-6-14(22)8-12(7-13)21-15(23)16(18,19)20/h1-4,12-14H,5-9H2,(H,21,23)/t12-,13+,14-. The van der Waals surface area contributed by atoms with Crippen molar-refractivity contribution in [1.29, 1.82) is 0 Å². The number of nitrogens with zero attached hydrogens (tertiary/aromatic N) is 1. The van der Waals surface area contributed by atoms with Gasteiger partial charge < -0.3 is 5.32 Å². The van der Waals surface area contributed by atoms with Gasteiger partial charge in [0, 0.05) is 29.7 Å². The Morgan fingerprint density at radius 1 is 1.17 bits per heavy atom. The van der Waals surface area contributed by atoms with Crippen LogP contribution in [0.1, 0.15) is 31.2 Å². The van der Waals surface area contributed by atoms with Crippen LogP contribution >= 0.6 is 11.6 Å². The summed E-state index contributed by atoms with van der Waals surface area (Å²) < 4.78 is 37.1. The predicted octanol–water partition coefficient (Wildman–Crippen LogP) is 3.51. The van der Waals surface area contributed by atoms with E-state index in [1.165, 1.54) is 0 Å². The predicted molar refractivity (Wildman–Crippen MR) is 81.0 cm³/mol. The first kappa shape index (κ1) is 16.6. The summed E-state index contributed by atoms with van der Waals surface area (Å²) in [5.41, 5.74) is 1.14. The zero-order valence-electron chi connectivity index (χ0n) is 12.4. The molecule has 0 aromatic heterocycles. The number of carbonyl (C=O) groups is 1. The molecule has 126 valence electrons. The van der Waals surface area contributed by atoms with Crippen LogP contribution in [-0.4, -0.2) is 35.1 Å². The third-order valence-corrected chi connectivity index (χ3v) is 5.01. The van der Waals surface area contributed by atoms with E-state index in [0.717, 1.165) is 24.9 Å². The highest BCUT2D eigenvalue weighted by Crippen LogP contribution is 2.37. The van der Waals surface area contributed by atoms with Gasteiger partial charge in [0.25, 0.3) is 0 Å². The average molecular weight is 347 g/mol. The van der Waals surface area contributed by atoms with Gasteiger partial charge in [0.2, 0.25) is 0 Å². The van der Waals surface area contributed by atoms with Crippen molar-refractivity contribution in [3.05, 3.63) is 34.9 Å². The van der Waals surface area contributed by atoms with E-state index >= 15 is 0 Å². The van der Waals surface area contributed by atoms with Gasteiger partial charge in [-0.3, -0.25) is 9.69 Å². The van der Waals surface area contributed by atoms with Gasteiger partial charge in [0.1, 0.15) is 0 Å². The fourth-order valence-electron chi connectivity index (χ4n) is 3.72. The lowest BCUT2D eigenvalue weighted by Crippen LogP contribution is -2.52. The van der Waals surface area contributed by atoms with Gasteiger partial charge in [-0.05, 0) is 43.4 Å². The fourth-order valence-corrected chi connectivity index (χ4v) is 3.84. The summed E-state index contributed by atoms with van der Waals surface area (Å²) in [5, 5.41) is 2.83. The van der Waals surface area contributed by atoms with Crippen molar-refractivity contribution in [3.63, 3.8) is 0 Å². The highest BCUT2D eigenvalue weighted by Gasteiger charge is 2.44. The molecule has 0 spiro atoms. The van der Waals surface area contributed by atoms with Crippen molar-refractivity contribution in [2.24, 2.45) is 0 Å². The minimum atomic E-state index is -4.81. The van der Waals surface area contributed by atoms with Crippen LogP contribution < -0.4 is 5.32 Å². The van der Waals surface area contributed by atoms with Gasteiger partial charge in [-0.15, -0.1) is 0 Å². The molecule has 3 nitrogen and oxygen atoms in total.